The van der Waals surface area contributed by atoms with Crippen molar-refractivity contribution in [3.8, 4) is 5.69 Å². The molecule has 3 nitrogen and oxygen atoms in total. The lowest BCUT2D eigenvalue weighted by Gasteiger charge is -2.17. The summed E-state index contributed by atoms with van der Waals surface area (Å²) in [5, 5.41) is 4.17. The number of aromatic nitrogens is 2. The van der Waals surface area contributed by atoms with E-state index in [1.54, 1.807) is 0 Å². The Kier molecular flexibility index (Phi) is 4.08. The number of fused-ring (bicyclic) bond motifs is 1. The maximum atomic E-state index is 6.20. The van der Waals surface area contributed by atoms with Crippen LogP contribution in [0.2, 0.25) is 5.02 Å². The number of rotatable bonds is 4. The molecule has 1 heterocycles. The summed E-state index contributed by atoms with van der Waals surface area (Å²) in [7, 11) is 0. The van der Waals surface area contributed by atoms with Crippen LogP contribution in [0.4, 0.5) is 0 Å². The predicted molar refractivity (Wildman–Crippen MR) is 82.6 cm³/mol. The second kappa shape index (κ2) is 5.98. The van der Waals surface area contributed by atoms with E-state index in [2.05, 4.69) is 27.9 Å². The number of nitrogens with zero attached hydrogens (tertiary/aromatic N) is 2. The highest BCUT2D eigenvalue weighted by atomic mass is 35.5. The van der Waals surface area contributed by atoms with Gasteiger partial charge in [-0.05, 0) is 49.9 Å². The van der Waals surface area contributed by atoms with E-state index in [4.69, 9.17) is 11.6 Å². The first-order chi connectivity index (χ1) is 9.79. The van der Waals surface area contributed by atoms with Gasteiger partial charge in [-0.15, -0.1) is 0 Å². The van der Waals surface area contributed by atoms with Crippen LogP contribution < -0.4 is 5.32 Å². The number of hydrogen-bond donors (Lipinski definition) is 1. The smallest absolute Gasteiger partial charge is 0.0997 e. The monoisotopic (exact) mass is 289 g/mol. The van der Waals surface area contributed by atoms with Gasteiger partial charge in [0.05, 0.1) is 17.7 Å². The zero-order valence-electron chi connectivity index (χ0n) is 11.8. The highest BCUT2D eigenvalue weighted by Gasteiger charge is 2.17. The summed E-state index contributed by atoms with van der Waals surface area (Å²) in [6.45, 7) is 3.94. The van der Waals surface area contributed by atoms with Crippen LogP contribution in [0.15, 0.2) is 24.5 Å². The molecule has 0 fully saturated rings. The topological polar surface area (TPSA) is 29.9 Å². The van der Waals surface area contributed by atoms with Crippen molar-refractivity contribution in [2.45, 2.75) is 39.2 Å². The van der Waals surface area contributed by atoms with Crippen LogP contribution in [0.5, 0.6) is 0 Å². The average Bonchev–Trinajstić information content (AvgIpc) is 2.90. The van der Waals surface area contributed by atoms with Crippen molar-refractivity contribution in [3.05, 3.63) is 46.5 Å². The molecule has 0 saturated carbocycles. The molecule has 1 aromatic heterocycles. The van der Waals surface area contributed by atoms with E-state index in [1.807, 2.05) is 18.5 Å². The molecule has 0 aliphatic heterocycles. The Balaban J connectivity index is 2.04. The Morgan fingerprint density at radius 1 is 1.30 bits per heavy atom. The van der Waals surface area contributed by atoms with E-state index in [0.29, 0.717) is 0 Å². The largest absolute Gasteiger partial charge is 0.313 e. The standard InChI is InChI=1S/C16H20ClN3/c1-2-18-10-12-7-8-13(17)9-16(12)20-11-19-14-5-3-4-6-15(14)20/h7-9,11,18H,2-6,10H2,1H3. The maximum absolute atomic E-state index is 6.20. The molecular formula is C16H20ClN3. The number of benzene rings is 1. The molecule has 2 aromatic rings. The van der Waals surface area contributed by atoms with Crippen molar-refractivity contribution in [2.75, 3.05) is 6.54 Å². The van der Waals surface area contributed by atoms with Crippen LogP contribution in [0, 0.1) is 0 Å². The number of hydrogen-bond acceptors (Lipinski definition) is 2. The Bertz CT molecular complexity index is 604. The molecule has 3 rings (SSSR count). The minimum Gasteiger partial charge on any atom is -0.313 e. The average molecular weight is 290 g/mol. The highest BCUT2D eigenvalue weighted by molar-refractivity contribution is 6.30. The third kappa shape index (κ3) is 2.60. The van der Waals surface area contributed by atoms with Gasteiger partial charge in [-0.25, -0.2) is 4.98 Å². The Morgan fingerprint density at radius 2 is 2.15 bits per heavy atom. The van der Waals surface area contributed by atoms with Crippen molar-refractivity contribution in [1.29, 1.82) is 0 Å². The quantitative estimate of drug-likeness (QED) is 0.933. The molecule has 0 unspecified atom stereocenters. The fourth-order valence-electron chi connectivity index (χ4n) is 2.85. The van der Waals surface area contributed by atoms with Crippen molar-refractivity contribution in [1.82, 2.24) is 14.9 Å². The highest BCUT2D eigenvalue weighted by Crippen LogP contribution is 2.26. The van der Waals surface area contributed by atoms with E-state index >= 15 is 0 Å². The van der Waals surface area contributed by atoms with Gasteiger partial charge < -0.3 is 9.88 Å². The lowest BCUT2D eigenvalue weighted by atomic mass is 10.0. The van der Waals surface area contributed by atoms with Gasteiger partial charge in [-0.1, -0.05) is 24.6 Å². The van der Waals surface area contributed by atoms with Crippen LogP contribution >= 0.6 is 11.6 Å². The van der Waals surface area contributed by atoms with Gasteiger partial charge in [0.2, 0.25) is 0 Å². The predicted octanol–water partition coefficient (Wildman–Crippen LogP) is 3.51. The van der Waals surface area contributed by atoms with Crippen LogP contribution in [0.3, 0.4) is 0 Å². The summed E-state index contributed by atoms with van der Waals surface area (Å²) in [6.07, 6.45) is 6.68. The zero-order chi connectivity index (χ0) is 13.9. The lowest BCUT2D eigenvalue weighted by molar-refractivity contribution is 0.653. The van der Waals surface area contributed by atoms with Crippen molar-refractivity contribution >= 4 is 11.6 Å². The van der Waals surface area contributed by atoms with Gasteiger partial charge in [0.1, 0.15) is 0 Å². The third-order valence-electron chi connectivity index (χ3n) is 3.90. The minimum atomic E-state index is 0.776. The fraction of sp³-hybridized carbons (Fsp3) is 0.438. The summed E-state index contributed by atoms with van der Waals surface area (Å²) in [6, 6.07) is 6.11. The Morgan fingerprint density at radius 3 is 3.00 bits per heavy atom. The molecule has 0 bridgehead atoms. The van der Waals surface area contributed by atoms with Gasteiger partial charge in [-0.3, -0.25) is 0 Å². The number of imidazole rings is 1. The second-order valence-electron chi connectivity index (χ2n) is 5.27. The molecule has 0 atom stereocenters. The van der Waals surface area contributed by atoms with Crippen molar-refractivity contribution in [2.24, 2.45) is 0 Å². The number of halogens is 1. The molecule has 0 amide bonds. The normalized spacial score (nSPS) is 14.3. The fourth-order valence-corrected chi connectivity index (χ4v) is 3.01. The van der Waals surface area contributed by atoms with Gasteiger partial charge in [0, 0.05) is 17.3 Å². The number of aryl methyl sites for hydroxylation is 1. The molecule has 1 N–H and O–H groups in total. The minimum absolute atomic E-state index is 0.776. The van der Waals surface area contributed by atoms with E-state index < -0.39 is 0 Å². The summed E-state index contributed by atoms with van der Waals surface area (Å²) in [5.41, 5.74) is 5.04. The first-order valence-corrected chi connectivity index (χ1v) is 7.72. The van der Waals surface area contributed by atoms with E-state index in [0.717, 1.165) is 36.6 Å². The van der Waals surface area contributed by atoms with Crippen molar-refractivity contribution < 1.29 is 0 Å². The van der Waals surface area contributed by atoms with Crippen LogP contribution in [-0.2, 0) is 19.4 Å². The molecule has 1 aliphatic carbocycles. The summed E-state index contributed by atoms with van der Waals surface area (Å²) in [5.74, 6) is 0. The molecule has 0 radical (unpaired) electrons. The first-order valence-electron chi connectivity index (χ1n) is 7.34. The van der Waals surface area contributed by atoms with E-state index in [9.17, 15) is 0 Å². The lowest BCUT2D eigenvalue weighted by Crippen LogP contribution is -2.15. The maximum Gasteiger partial charge on any atom is 0.0997 e. The second-order valence-corrected chi connectivity index (χ2v) is 5.70. The summed E-state index contributed by atoms with van der Waals surface area (Å²) in [4.78, 5) is 4.58. The van der Waals surface area contributed by atoms with Crippen molar-refractivity contribution in [3.63, 3.8) is 0 Å². The van der Waals surface area contributed by atoms with Crippen LogP contribution in [0.1, 0.15) is 36.7 Å². The number of nitrogens with one attached hydrogen (secondary N) is 1. The van der Waals surface area contributed by atoms with Crippen LogP contribution in [0.25, 0.3) is 5.69 Å². The van der Waals surface area contributed by atoms with Gasteiger partial charge in [-0.2, -0.15) is 0 Å². The SMILES string of the molecule is CCNCc1ccc(Cl)cc1-n1cnc2c1CCCC2. The van der Waals surface area contributed by atoms with Gasteiger partial charge >= 0.3 is 0 Å². The summed E-state index contributed by atoms with van der Waals surface area (Å²) >= 11 is 6.20. The zero-order valence-corrected chi connectivity index (χ0v) is 12.6. The Labute approximate surface area is 125 Å². The molecule has 20 heavy (non-hydrogen) atoms. The molecule has 106 valence electrons. The first kappa shape index (κ1) is 13.7. The molecular weight excluding hydrogens is 270 g/mol. The molecule has 0 spiro atoms. The van der Waals surface area contributed by atoms with Gasteiger partial charge in [0.25, 0.3) is 0 Å². The van der Waals surface area contributed by atoms with Gasteiger partial charge in [0.15, 0.2) is 0 Å². The summed E-state index contributed by atoms with van der Waals surface area (Å²) < 4.78 is 2.23. The third-order valence-corrected chi connectivity index (χ3v) is 4.14. The van der Waals surface area contributed by atoms with E-state index in [-0.39, 0.29) is 0 Å². The molecule has 1 aliphatic rings. The Hall–Kier alpha value is -1.32. The van der Waals surface area contributed by atoms with E-state index in [1.165, 1.54) is 29.8 Å². The molecule has 0 saturated heterocycles. The molecule has 1 aromatic carbocycles. The molecule has 4 heteroatoms. The van der Waals surface area contributed by atoms with Crippen LogP contribution in [-0.4, -0.2) is 16.1 Å².